The van der Waals surface area contributed by atoms with Gasteiger partial charge in [-0.2, -0.15) is 0 Å². The van der Waals surface area contributed by atoms with E-state index in [9.17, 15) is 0 Å². The zero-order valence-electron chi connectivity index (χ0n) is 27.1. The van der Waals surface area contributed by atoms with Crippen LogP contribution in [-0.2, 0) is 6.42 Å². The molecule has 0 saturated heterocycles. The Morgan fingerprint density at radius 1 is 0.366 bits per heavy atom. The molecule has 0 spiro atoms. The van der Waals surface area contributed by atoms with Crippen molar-refractivity contribution in [2.45, 2.75) is 68.7 Å². The normalized spacial score (nSPS) is 10.5. The Hall–Kier alpha value is -3.64. The van der Waals surface area contributed by atoms with Gasteiger partial charge in [0, 0.05) is 0 Å². The van der Waals surface area contributed by atoms with Crippen LogP contribution in [-0.4, -0.2) is 0 Å². The summed E-state index contributed by atoms with van der Waals surface area (Å²) in [7, 11) is 0. The number of allylic oxidation sites excluding steroid dienone is 1. The number of hydrogen-bond donors (Lipinski definition) is 0. The molecule has 0 radical (unpaired) electrons. The van der Waals surface area contributed by atoms with E-state index in [1.807, 2.05) is 0 Å². The average Bonchev–Trinajstić information content (AvgIpc) is 3.42. The molecule has 0 aromatic heterocycles. The van der Waals surface area contributed by atoms with Gasteiger partial charge >= 0.3 is 0 Å². The molecule has 218 valence electrons. The quantitative estimate of drug-likeness (QED) is 0.181. The molecule has 0 saturated carbocycles. The predicted octanol–water partition coefficient (Wildman–Crippen LogP) is 12.9. The zero-order chi connectivity index (χ0) is 30.5. The lowest BCUT2D eigenvalue weighted by Gasteiger charge is -1.93. The lowest BCUT2D eigenvalue weighted by atomic mass is 10.1. The first-order chi connectivity index (χ1) is 19.6. The molecule has 6 rings (SSSR count). The van der Waals surface area contributed by atoms with Crippen molar-refractivity contribution in [3.8, 4) is 0 Å². The van der Waals surface area contributed by atoms with Crippen LogP contribution in [0.1, 0.15) is 73.4 Å². The number of benzene rings is 5. The van der Waals surface area contributed by atoms with Gasteiger partial charge in [0.15, 0.2) is 0 Å². The number of hydrogen-bond acceptors (Lipinski definition) is 0. The molecule has 41 heavy (non-hydrogen) atoms. The molecule has 1 aliphatic rings. The second-order valence-corrected chi connectivity index (χ2v) is 12.2. The lowest BCUT2D eigenvalue weighted by molar-refractivity contribution is 0.736. The predicted molar refractivity (Wildman–Crippen MR) is 189 cm³/mol. The first kappa shape index (κ1) is 35.4. The van der Waals surface area contributed by atoms with E-state index in [2.05, 4.69) is 196 Å². The van der Waals surface area contributed by atoms with Crippen LogP contribution in [0.5, 0.6) is 0 Å². The zero-order valence-corrected chi connectivity index (χ0v) is 27.1. The van der Waals surface area contributed by atoms with Crippen molar-refractivity contribution in [2.24, 2.45) is 17.8 Å². The van der Waals surface area contributed by atoms with Crippen LogP contribution >= 0.6 is 0 Å². The van der Waals surface area contributed by atoms with Gasteiger partial charge in [0.25, 0.3) is 0 Å². The molecule has 0 unspecified atom stereocenters. The fourth-order valence-electron chi connectivity index (χ4n) is 3.46. The molecule has 0 aliphatic heterocycles. The Morgan fingerprint density at radius 2 is 0.610 bits per heavy atom. The molecule has 0 heterocycles. The van der Waals surface area contributed by atoms with Gasteiger partial charge in [-0.15, -0.1) is 0 Å². The van der Waals surface area contributed by atoms with Gasteiger partial charge in [0.1, 0.15) is 0 Å². The summed E-state index contributed by atoms with van der Waals surface area (Å²) < 4.78 is 0. The van der Waals surface area contributed by atoms with Crippen LogP contribution in [0.3, 0.4) is 0 Å². The van der Waals surface area contributed by atoms with Gasteiger partial charge < -0.3 is 0 Å². The van der Waals surface area contributed by atoms with Gasteiger partial charge in [0.05, 0.1) is 0 Å². The Bertz CT molecular complexity index is 1150. The third kappa shape index (κ3) is 17.6. The largest absolute Gasteiger partial charge is 0.0795 e. The summed E-state index contributed by atoms with van der Waals surface area (Å²) in [6.07, 6.45) is 5.50. The van der Waals surface area contributed by atoms with E-state index in [0.29, 0.717) is 0 Å². The van der Waals surface area contributed by atoms with Crippen LogP contribution in [0.25, 0.3) is 27.6 Å². The molecule has 5 aromatic carbocycles. The minimum Gasteiger partial charge on any atom is -0.0795 e. The summed E-state index contributed by atoms with van der Waals surface area (Å²) in [6, 6.07) is 41.9. The van der Waals surface area contributed by atoms with Crippen molar-refractivity contribution in [1.82, 2.24) is 0 Å². The van der Waals surface area contributed by atoms with Gasteiger partial charge in [-0.3, -0.25) is 0 Å². The smallest absolute Gasteiger partial charge is 0.00882 e. The van der Waals surface area contributed by atoms with E-state index >= 15 is 0 Å². The number of rotatable bonds is 0. The maximum atomic E-state index is 2.20. The minimum absolute atomic E-state index is 0.833. The SMILES string of the molecule is C1=Cc2ccccc2C1.CC(C)C.CC(C)C.CC(C)C.c1ccc2ccccc2c1.c1ccc2ccccc2c1. The Kier molecular flexibility index (Phi) is 18.3. The standard InChI is InChI=1S/2C10H8.C9H8.3C4H10/c2*1-2-6-10-8-4-3-7-9(10)5-1;1-2-5-9-7-3-6-8(9)4-1;3*1-4(2)3/h2*1-8H;1-6H,7H2;3*4H,1-3H3. The van der Waals surface area contributed by atoms with Gasteiger partial charge in [-0.1, -0.05) is 196 Å². The van der Waals surface area contributed by atoms with Gasteiger partial charge in [0.2, 0.25) is 0 Å². The summed E-state index contributed by atoms with van der Waals surface area (Å²) >= 11 is 0. The molecule has 0 atom stereocenters. The van der Waals surface area contributed by atoms with E-state index in [0.717, 1.165) is 24.2 Å². The molecule has 5 aromatic rings. The summed E-state index contributed by atoms with van der Waals surface area (Å²) in [5.74, 6) is 2.50. The minimum atomic E-state index is 0.833. The highest BCUT2D eigenvalue weighted by Gasteiger charge is 2.00. The molecular formula is C41H54. The third-order valence-electron chi connectivity index (χ3n) is 5.01. The van der Waals surface area contributed by atoms with Crippen LogP contribution in [0, 0.1) is 17.8 Å². The van der Waals surface area contributed by atoms with Crippen molar-refractivity contribution in [1.29, 1.82) is 0 Å². The summed E-state index contributed by atoms with van der Waals surface area (Å²) in [4.78, 5) is 0. The molecule has 0 fully saturated rings. The van der Waals surface area contributed by atoms with Crippen molar-refractivity contribution in [3.05, 3.63) is 139 Å². The summed E-state index contributed by atoms with van der Waals surface area (Å²) in [6.45, 7) is 19.5. The fraction of sp³-hybridized carbons (Fsp3) is 0.317. The Labute approximate surface area is 252 Å². The first-order valence-electron chi connectivity index (χ1n) is 15.2. The van der Waals surface area contributed by atoms with Crippen molar-refractivity contribution in [2.75, 3.05) is 0 Å². The van der Waals surface area contributed by atoms with E-state index < -0.39 is 0 Å². The molecule has 0 bridgehead atoms. The molecule has 0 nitrogen and oxygen atoms in total. The van der Waals surface area contributed by atoms with Crippen LogP contribution in [0.15, 0.2) is 127 Å². The lowest BCUT2D eigenvalue weighted by Crippen LogP contribution is -1.76. The highest BCUT2D eigenvalue weighted by Crippen LogP contribution is 2.17. The van der Waals surface area contributed by atoms with Crippen LogP contribution < -0.4 is 0 Å². The second-order valence-electron chi connectivity index (χ2n) is 12.2. The Morgan fingerprint density at radius 3 is 0.878 bits per heavy atom. The molecule has 0 heteroatoms. The second kappa shape index (κ2) is 21.2. The van der Waals surface area contributed by atoms with E-state index in [4.69, 9.17) is 0 Å². The van der Waals surface area contributed by atoms with Gasteiger partial charge in [-0.05, 0) is 56.8 Å². The van der Waals surface area contributed by atoms with E-state index in [-0.39, 0.29) is 0 Å². The van der Waals surface area contributed by atoms with E-state index in [1.54, 1.807) is 0 Å². The topological polar surface area (TPSA) is 0 Å². The highest BCUT2D eigenvalue weighted by molar-refractivity contribution is 5.82. The molecule has 0 amide bonds. The maximum Gasteiger partial charge on any atom is -0.00882 e. The van der Waals surface area contributed by atoms with Crippen molar-refractivity contribution < 1.29 is 0 Å². The third-order valence-corrected chi connectivity index (χ3v) is 5.01. The summed E-state index contributed by atoms with van der Waals surface area (Å²) in [5.41, 5.74) is 2.84. The molecule has 1 aliphatic carbocycles. The van der Waals surface area contributed by atoms with Gasteiger partial charge in [-0.25, -0.2) is 0 Å². The number of fused-ring (bicyclic) bond motifs is 3. The fourth-order valence-corrected chi connectivity index (χ4v) is 3.46. The summed E-state index contributed by atoms with van der Waals surface area (Å²) in [5, 5.41) is 5.24. The highest BCUT2D eigenvalue weighted by atomic mass is 14.0. The van der Waals surface area contributed by atoms with Crippen molar-refractivity contribution >= 4 is 27.6 Å². The molecule has 0 N–H and O–H groups in total. The molecular weight excluding hydrogens is 492 g/mol. The van der Waals surface area contributed by atoms with Crippen molar-refractivity contribution in [3.63, 3.8) is 0 Å². The van der Waals surface area contributed by atoms with Crippen LogP contribution in [0.2, 0.25) is 0 Å². The maximum absolute atomic E-state index is 2.20. The van der Waals surface area contributed by atoms with Crippen LogP contribution in [0.4, 0.5) is 0 Å². The van der Waals surface area contributed by atoms with E-state index in [1.165, 1.54) is 32.7 Å². The Balaban J connectivity index is 0.000000259. The first-order valence-corrected chi connectivity index (χ1v) is 15.2. The average molecular weight is 547 g/mol. The monoisotopic (exact) mass is 546 g/mol.